The molecule has 1 unspecified atom stereocenters. The van der Waals surface area contributed by atoms with E-state index in [-0.39, 0.29) is 5.41 Å². The number of aromatic nitrogens is 1. The van der Waals surface area contributed by atoms with Gasteiger partial charge in [0.15, 0.2) is 0 Å². The lowest BCUT2D eigenvalue weighted by Crippen LogP contribution is -2.33. The Morgan fingerprint density at radius 1 is 1.57 bits per heavy atom. The van der Waals surface area contributed by atoms with Gasteiger partial charge < -0.3 is 4.74 Å². The molecule has 0 fully saturated rings. The molecular formula is C12H17NO. The highest BCUT2D eigenvalue weighted by atomic mass is 16.5. The number of pyridine rings is 1. The molecule has 0 saturated carbocycles. The van der Waals surface area contributed by atoms with Crippen LogP contribution in [-0.4, -0.2) is 18.7 Å². The first-order valence-corrected chi connectivity index (χ1v) is 5.19. The van der Waals surface area contributed by atoms with Gasteiger partial charge in [-0.15, -0.1) is 0 Å². The Bertz CT molecular complexity index is 324. The third kappa shape index (κ3) is 1.55. The summed E-state index contributed by atoms with van der Waals surface area (Å²) in [7, 11) is 1.77. The maximum atomic E-state index is 5.30. The monoisotopic (exact) mass is 191 g/mol. The average molecular weight is 191 g/mol. The number of hydrogen-bond donors (Lipinski definition) is 0. The van der Waals surface area contributed by atoms with Crippen molar-refractivity contribution in [2.45, 2.75) is 31.6 Å². The van der Waals surface area contributed by atoms with Crippen LogP contribution < -0.4 is 0 Å². The van der Waals surface area contributed by atoms with Gasteiger partial charge in [-0.05, 0) is 30.9 Å². The molecule has 2 rings (SSSR count). The maximum Gasteiger partial charge on any atom is 0.0571 e. The molecule has 1 aromatic rings. The minimum absolute atomic E-state index is 0.129. The van der Waals surface area contributed by atoms with Gasteiger partial charge in [0.25, 0.3) is 0 Å². The topological polar surface area (TPSA) is 22.1 Å². The number of aryl methyl sites for hydroxylation is 1. The molecule has 1 aliphatic carbocycles. The molecule has 14 heavy (non-hydrogen) atoms. The lowest BCUT2D eigenvalue weighted by Gasteiger charge is -2.33. The van der Waals surface area contributed by atoms with E-state index in [4.69, 9.17) is 4.74 Å². The Morgan fingerprint density at radius 3 is 3.21 bits per heavy atom. The first kappa shape index (κ1) is 9.66. The van der Waals surface area contributed by atoms with Gasteiger partial charge in [-0.1, -0.05) is 13.0 Å². The van der Waals surface area contributed by atoms with Crippen molar-refractivity contribution in [3.8, 4) is 0 Å². The van der Waals surface area contributed by atoms with E-state index in [1.54, 1.807) is 7.11 Å². The third-order valence-corrected chi connectivity index (χ3v) is 3.10. The molecule has 1 aliphatic rings. The summed E-state index contributed by atoms with van der Waals surface area (Å²) < 4.78 is 5.30. The van der Waals surface area contributed by atoms with E-state index in [1.165, 1.54) is 30.5 Å². The van der Waals surface area contributed by atoms with E-state index in [2.05, 4.69) is 18.0 Å². The minimum Gasteiger partial charge on any atom is -0.384 e. The molecule has 76 valence electrons. The van der Waals surface area contributed by atoms with Gasteiger partial charge in [0.05, 0.1) is 12.3 Å². The number of methoxy groups -OCH3 is 1. The second kappa shape index (κ2) is 3.70. The van der Waals surface area contributed by atoms with Crippen LogP contribution in [-0.2, 0) is 16.6 Å². The summed E-state index contributed by atoms with van der Waals surface area (Å²) in [6.07, 6.45) is 5.49. The molecule has 1 heterocycles. The van der Waals surface area contributed by atoms with Gasteiger partial charge in [-0.2, -0.15) is 0 Å². The summed E-state index contributed by atoms with van der Waals surface area (Å²) in [5, 5.41) is 0. The molecule has 2 heteroatoms. The van der Waals surface area contributed by atoms with Crippen molar-refractivity contribution >= 4 is 0 Å². The molecule has 0 N–H and O–H groups in total. The van der Waals surface area contributed by atoms with Crippen LogP contribution in [0.1, 0.15) is 31.0 Å². The number of ether oxygens (including phenoxy) is 1. The van der Waals surface area contributed by atoms with Gasteiger partial charge in [-0.3, -0.25) is 4.98 Å². The molecular weight excluding hydrogens is 174 g/mol. The zero-order chi connectivity index (χ0) is 10.0. The standard InChI is InChI=1S/C12H17NO/c1-12(9-14-2)7-3-5-10-6-4-8-13-11(10)12/h4,6,8H,3,5,7,9H2,1-2H3. The Hall–Kier alpha value is -0.890. The van der Waals surface area contributed by atoms with Crippen molar-refractivity contribution < 1.29 is 4.74 Å². The predicted octanol–water partition coefficient (Wildman–Crippen LogP) is 2.32. The highest BCUT2D eigenvalue weighted by Gasteiger charge is 2.33. The highest BCUT2D eigenvalue weighted by molar-refractivity contribution is 5.30. The minimum atomic E-state index is 0.129. The number of hydrogen-bond acceptors (Lipinski definition) is 2. The molecule has 1 atom stereocenters. The van der Waals surface area contributed by atoms with Gasteiger partial charge in [0, 0.05) is 18.7 Å². The zero-order valence-electron chi connectivity index (χ0n) is 8.92. The van der Waals surface area contributed by atoms with Gasteiger partial charge in [-0.25, -0.2) is 0 Å². The van der Waals surface area contributed by atoms with E-state index in [1.807, 2.05) is 12.3 Å². The van der Waals surface area contributed by atoms with E-state index in [0.717, 1.165) is 6.61 Å². The fourth-order valence-corrected chi connectivity index (χ4v) is 2.43. The predicted molar refractivity (Wildman–Crippen MR) is 56.4 cm³/mol. The fourth-order valence-electron chi connectivity index (χ4n) is 2.43. The summed E-state index contributed by atoms with van der Waals surface area (Å²) >= 11 is 0. The Morgan fingerprint density at radius 2 is 2.43 bits per heavy atom. The summed E-state index contributed by atoms with van der Waals surface area (Å²) in [5.41, 5.74) is 2.77. The van der Waals surface area contributed by atoms with Crippen molar-refractivity contribution in [2.75, 3.05) is 13.7 Å². The molecule has 0 bridgehead atoms. The van der Waals surface area contributed by atoms with Crippen LogP contribution >= 0.6 is 0 Å². The van der Waals surface area contributed by atoms with Crippen LogP contribution in [0.2, 0.25) is 0 Å². The highest BCUT2D eigenvalue weighted by Crippen LogP contribution is 2.35. The van der Waals surface area contributed by atoms with Crippen molar-refractivity contribution in [3.63, 3.8) is 0 Å². The number of rotatable bonds is 2. The SMILES string of the molecule is COCC1(C)CCCc2cccnc21. The summed E-state index contributed by atoms with van der Waals surface area (Å²) in [5.74, 6) is 0. The van der Waals surface area contributed by atoms with Gasteiger partial charge in [0.1, 0.15) is 0 Å². The molecule has 0 aliphatic heterocycles. The Labute approximate surface area is 85.3 Å². The van der Waals surface area contributed by atoms with Crippen LogP contribution in [0, 0.1) is 0 Å². The summed E-state index contributed by atoms with van der Waals surface area (Å²) in [6, 6.07) is 4.22. The lowest BCUT2D eigenvalue weighted by atomic mass is 9.75. The van der Waals surface area contributed by atoms with Crippen molar-refractivity contribution in [2.24, 2.45) is 0 Å². The van der Waals surface area contributed by atoms with Crippen LogP contribution in [0.25, 0.3) is 0 Å². The molecule has 1 aromatic heterocycles. The largest absolute Gasteiger partial charge is 0.384 e. The summed E-state index contributed by atoms with van der Waals surface area (Å²) in [6.45, 7) is 3.03. The number of nitrogens with zero attached hydrogens (tertiary/aromatic N) is 1. The van der Waals surface area contributed by atoms with E-state index in [9.17, 15) is 0 Å². The van der Waals surface area contributed by atoms with Gasteiger partial charge in [0.2, 0.25) is 0 Å². The van der Waals surface area contributed by atoms with Crippen LogP contribution in [0.5, 0.6) is 0 Å². The normalized spacial score (nSPS) is 25.9. The molecule has 0 aromatic carbocycles. The first-order valence-electron chi connectivity index (χ1n) is 5.19. The molecule has 0 amide bonds. The molecule has 0 spiro atoms. The third-order valence-electron chi connectivity index (χ3n) is 3.10. The Balaban J connectivity index is 2.39. The van der Waals surface area contributed by atoms with Crippen molar-refractivity contribution in [1.29, 1.82) is 0 Å². The lowest BCUT2D eigenvalue weighted by molar-refractivity contribution is 0.125. The van der Waals surface area contributed by atoms with E-state index in [0.29, 0.717) is 0 Å². The second-order valence-corrected chi connectivity index (χ2v) is 4.36. The molecule has 0 saturated heterocycles. The van der Waals surface area contributed by atoms with Crippen molar-refractivity contribution in [3.05, 3.63) is 29.6 Å². The quantitative estimate of drug-likeness (QED) is 0.715. The summed E-state index contributed by atoms with van der Waals surface area (Å²) in [4.78, 5) is 4.51. The first-order chi connectivity index (χ1) is 6.76. The zero-order valence-corrected chi connectivity index (χ0v) is 8.92. The average Bonchev–Trinajstić information content (AvgIpc) is 2.19. The molecule has 2 nitrogen and oxygen atoms in total. The van der Waals surface area contributed by atoms with Gasteiger partial charge >= 0.3 is 0 Å². The van der Waals surface area contributed by atoms with Crippen LogP contribution in [0.3, 0.4) is 0 Å². The fraction of sp³-hybridized carbons (Fsp3) is 0.583. The van der Waals surface area contributed by atoms with Crippen LogP contribution in [0.15, 0.2) is 18.3 Å². The Kier molecular flexibility index (Phi) is 2.55. The number of fused-ring (bicyclic) bond motifs is 1. The molecule has 0 radical (unpaired) electrons. The maximum absolute atomic E-state index is 5.30. The van der Waals surface area contributed by atoms with E-state index >= 15 is 0 Å². The second-order valence-electron chi connectivity index (χ2n) is 4.36. The smallest absolute Gasteiger partial charge is 0.0571 e. The van der Waals surface area contributed by atoms with E-state index < -0.39 is 0 Å². The van der Waals surface area contributed by atoms with Crippen molar-refractivity contribution in [1.82, 2.24) is 4.98 Å². The van der Waals surface area contributed by atoms with Crippen LogP contribution in [0.4, 0.5) is 0 Å².